The lowest BCUT2D eigenvalue weighted by atomic mass is 10.1. The standard InChI is InChI=1S/C18H22N4O2/c1-13-19-17(24-20-13)8-9-18(23)22-11-10-21(12-14-6-7-14)15-4-2-3-5-16(15)22/h2-5,14H,6-12H2,1H3. The molecule has 1 aliphatic heterocycles. The summed E-state index contributed by atoms with van der Waals surface area (Å²) in [5, 5.41) is 3.77. The molecule has 0 radical (unpaired) electrons. The third-order valence-corrected chi connectivity index (χ3v) is 4.71. The van der Waals surface area contributed by atoms with E-state index < -0.39 is 0 Å². The second-order valence-corrected chi connectivity index (χ2v) is 6.66. The van der Waals surface area contributed by atoms with E-state index in [9.17, 15) is 4.79 Å². The lowest BCUT2D eigenvalue weighted by Crippen LogP contribution is -2.44. The van der Waals surface area contributed by atoms with E-state index in [0.29, 0.717) is 24.6 Å². The molecule has 2 heterocycles. The number of para-hydroxylation sites is 2. The Balaban J connectivity index is 1.47. The normalized spacial score (nSPS) is 17.0. The number of aromatic nitrogens is 2. The van der Waals surface area contributed by atoms with Crippen LogP contribution in [0.2, 0.25) is 0 Å². The highest BCUT2D eigenvalue weighted by Gasteiger charge is 2.30. The van der Waals surface area contributed by atoms with Gasteiger partial charge in [-0.2, -0.15) is 4.98 Å². The quantitative estimate of drug-likeness (QED) is 0.845. The second-order valence-electron chi connectivity index (χ2n) is 6.66. The largest absolute Gasteiger partial charge is 0.368 e. The fraction of sp³-hybridized carbons (Fsp3) is 0.500. The van der Waals surface area contributed by atoms with Crippen molar-refractivity contribution in [1.82, 2.24) is 10.1 Å². The lowest BCUT2D eigenvalue weighted by Gasteiger charge is -2.38. The first-order valence-corrected chi connectivity index (χ1v) is 8.64. The van der Waals surface area contributed by atoms with Crippen LogP contribution in [0.1, 0.15) is 31.0 Å². The Morgan fingerprint density at radius 1 is 1.25 bits per heavy atom. The molecule has 2 aliphatic rings. The minimum Gasteiger partial charge on any atom is -0.368 e. The molecule has 6 nitrogen and oxygen atoms in total. The average molecular weight is 326 g/mol. The molecule has 24 heavy (non-hydrogen) atoms. The monoisotopic (exact) mass is 326 g/mol. The average Bonchev–Trinajstić information content (AvgIpc) is 3.32. The van der Waals surface area contributed by atoms with Crippen LogP contribution < -0.4 is 9.80 Å². The molecule has 0 unspecified atom stereocenters. The Kier molecular flexibility index (Phi) is 3.96. The predicted molar refractivity (Wildman–Crippen MR) is 91.1 cm³/mol. The minimum atomic E-state index is 0.115. The van der Waals surface area contributed by atoms with Gasteiger partial charge >= 0.3 is 0 Å². The van der Waals surface area contributed by atoms with Gasteiger partial charge in [-0.3, -0.25) is 4.79 Å². The zero-order chi connectivity index (χ0) is 16.5. The van der Waals surface area contributed by atoms with Crippen LogP contribution >= 0.6 is 0 Å². The fourth-order valence-electron chi connectivity index (χ4n) is 3.27. The molecule has 2 aromatic rings. The fourth-order valence-corrected chi connectivity index (χ4v) is 3.27. The van der Waals surface area contributed by atoms with Crippen LogP contribution in [-0.2, 0) is 11.2 Å². The molecule has 4 rings (SSSR count). The topological polar surface area (TPSA) is 62.5 Å². The maximum absolute atomic E-state index is 12.7. The third kappa shape index (κ3) is 3.13. The van der Waals surface area contributed by atoms with Crippen molar-refractivity contribution in [2.75, 3.05) is 29.4 Å². The number of fused-ring (bicyclic) bond motifs is 1. The zero-order valence-electron chi connectivity index (χ0n) is 13.9. The summed E-state index contributed by atoms with van der Waals surface area (Å²) >= 11 is 0. The smallest absolute Gasteiger partial charge is 0.227 e. The SMILES string of the molecule is Cc1noc(CCC(=O)N2CCN(CC3CC3)c3ccccc32)n1. The summed E-state index contributed by atoms with van der Waals surface area (Å²) in [4.78, 5) is 21.2. The van der Waals surface area contributed by atoms with E-state index in [1.54, 1.807) is 6.92 Å². The van der Waals surface area contributed by atoms with Crippen molar-refractivity contribution in [1.29, 1.82) is 0 Å². The Morgan fingerprint density at radius 2 is 2.04 bits per heavy atom. The highest BCUT2D eigenvalue weighted by molar-refractivity contribution is 5.97. The number of anilines is 2. The molecular formula is C18H22N4O2. The number of nitrogens with zero attached hydrogens (tertiary/aromatic N) is 4. The van der Waals surface area contributed by atoms with Gasteiger partial charge in [-0.15, -0.1) is 0 Å². The summed E-state index contributed by atoms with van der Waals surface area (Å²) in [6.45, 7) is 4.54. The molecule has 0 spiro atoms. The number of rotatable bonds is 5. The summed E-state index contributed by atoms with van der Waals surface area (Å²) in [6.07, 6.45) is 3.55. The van der Waals surface area contributed by atoms with Crippen molar-refractivity contribution < 1.29 is 9.32 Å². The van der Waals surface area contributed by atoms with E-state index in [-0.39, 0.29) is 5.91 Å². The molecule has 1 aliphatic carbocycles. The minimum absolute atomic E-state index is 0.115. The summed E-state index contributed by atoms with van der Waals surface area (Å²) in [5.41, 5.74) is 2.20. The predicted octanol–water partition coefficient (Wildman–Crippen LogP) is 2.57. The summed E-state index contributed by atoms with van der Waals surface area (Å²) in [5.74, 6) is 2.09. The molecule has 1 aromatic carbocycles. The van der Waals surface area contributed by atoms with Crippen molar-refractivity contribution in [2.45, 2.75) is 32.6 Å². The first-order chi connectivity index (χ1) is 11.7. The van der Waals surface area contributed by atoms with Crippen LogP contribution in [-0.4, -0.2) is 35.7 Å². The number of hydrogen-bond acceptors (Lipinski definition) is 5. The van der Waals surface area contributed by atoms with Crippen LogP contribution in [0.25, 0.3) is 0 Å². The van der Waals surface area contributed by atoms with Crippen molar-refractivity contribution in [2.24, 2.45) is 5.92 Å². The molecule has 1 aromatic heterocycles. The number of hydrogen-bond donors (Lipinski definition) is 0. The van der Waals surface area contributed by atoms with E-state index in [0.717, 1.165) is 31.2 Å². The number of carbonyl (C=O) groups is 1. The molecule has 1 saturated carbocycles. The molecule has 0 atom stereocenters. The van der Waals surface area contributed by atoms with Gasteiger partial charge in [0.05, 0.1) is 11.4 Å². The lowest BCUT2D eigenvalue weighted by molar-refractivity contribution is -0.118. The number of aryl methyl sites for hydroxylation is 2. The van der Waals surface area contributed by atoms with Crippen LogP contribution in [0.5, 0.6) is 0 Å². The Bertz CT molecular complexity index is 738. The Labute approximate surface area is 141 Å². The van der Waals surface area contributed by atoms with Crippen molar-refractivity contribution in [3.63, 3.8) is 0 Å². The highest BCUT2D eigenvalue weighted by atomic mass is 16.5. The maximum atomic E-state index is 12.7. The van der Waals surface area contributed by atoms with Crippen LogP contribution in [0.3, 0.4) is 0 Å². The van der Waals surface area contributed by atoms with Crippen molar-refractivity contribution >= 4 is 17.3 Å². The summed E-state index contributed by atoms with van der Waals surface area (Å²) < 4.78 is 5.10. The molecular weight excluding hydrogens is 304 g/mol. The maximum Gasteiger partial charge on any atom is 0.227 e. The van der Waals surface area contributed by atoms with E-state index in [2.05, 4.69) is 21.1 Å². The molecule has 1 fully saturated rings. The molecule has 6 heteroatoms. The summed E-state index contributed by atoms with van der Waals surface area (Å²) in [7, 11) is 0. The van der Waals surface area contributed by atoms with Crippen LogP contribution in [0.15, 0.2) is 28.8 Å². The molecule has 0 N–H and O–H groups in total. The van der Waals surface area contributed by atoms with Gasteiger partial charge in [0.25, 0.3) is 0 Å². The van der Waals surface area contributed by atoms with Gasteiger partial charge in [0.15, 0.2) is 5.82 Å². The van der Waals surface area contributed by atoms with Gasteiger partial charge in [0.1, 0.15) is 0 Å². The second kappa shape index (κ2) is 6.26. The van der Waals surface area contributed by atoms with Gasteiger partial charge in [0.2, 0.25) is 11.8 Å². The van der Waals surface area contributed by atoms with Gasteiger partial charge in [0, 0.05) is 32.5 Å². The van der Waals surface area contributed by atoms with E-state index >= 15 is 0 Å². The van der Waals surface area contributed by atoms with Crippen LogP contribution in [0, 0.1) is 12.8 Å². The van der Waals surface area contributed by atoms with E-state index in [1.807, 2.05) is 23.1 Å². The highest BCUT2D eigenvalue weighted by Crippen LogP contribution is 2.37. The van der Waals surface area contributed by atoms with Crippen molar-refractivity contribution in [3.8, 4) is 0 Å². The molecule has 0 saturated heterocycles. The van der Waals surface area contributed by atoms with Gasteiger partial charge in [-0.1, -0.05) is 17.3 Å². The van der Waals surface area contributed by atoms with Gasteiger partial charge in [-0.05, 0) is 37.8 Å². The van der Waals surface area contributed by atoms with E-state index in [4.69, 9.17) is 4.52 Å². The number of amides is 1. The van der Waals surface area contributed by atoms with Crippen LogP contribution in [0.4, 0.5) is 11.4 Å². The summed E-state index contributed by atoms with van der Waals surface area (Å²) in [6, 6.07) is 8.22. The Morgan fingerprint density at radius 3 is 2.75 bits per heavy atom. The number of carbonyl (C=O) groups excluding carboxylic acids is 1. The van der Waals surface area contributed by atoms with Crippen molar-refractivity contribution in [3.05, 3.63) is 36.0 Å². The number of benzene rings is 1. The Hall–Kier alpha value is -2.37. The van der Waals surface area contributed by atoms with Gasteiger partial charge < -0.3 is 14.3 Å². The molecule has 1 amide bonds. The third-order valence-electron chi connectivity index (χ3n) is 4.71. The molecule has 0 bridgehead atoms. The van der Waals surface area contributed by atoms with Gasteiger partial charge in [-0.25, -0.2) is 0 Å². The first kappa shape index (κ1) is 15.2. The zero-order valence-corrected chi connectivity index (χ0v) is 13.9. The molecule has 126 valence electrons. The first-order valence-electron chi connectivity index (χ1n) is 8.64. The van der Waals surface area contributed by atoms with E-state index in [1.165, 1.54) is 18.5 Å².